The van der Waals surface area contributed by atoms with Crippen molar-refractivity contribution in [2.45, 2.75) is 25.3 Å². The highest BCUT2D eigenvalue weighted by Gasteiger charge is 2.28. The molecule has 0 radical (unpaired) electrons. The Morgan fingerprint density at radius 3 is 2.29 bits per heavy atom. The summed E-state index contributed by atoms with van der Waals surface area (Å²) in [6.45, 7) is 0.971. The van der Waals surface area contributed by atoms with Crippen molar-refractivity contribution in [1.82, 2.24) is 4.90 Å². The van der Waals surface area contributed by atoms with Crippen molar-refractivity contribution in [1.29, 1.82) is 0 Å². The van der Waals surface area contributed by atoms with Gasteiger partial charge in [-0.3, -0.25) is 9.59 Å². The second kappa shape index (κ2) is 8.93. The Kier molecular flexibility index (Phi) is 6.36. The lowest BCUT2D eigenvalue weighted by molar-refractivity contribution is -0.137. The molecule has 5 nitrogen and oxygen atoms in total. The molecule has 0 unspecified atom stereocenters. The van der Waals surface area contributed by atoms with Gasteiger partial charge in [0.05, 0.1) is 12.0 Å². The molecule has 2 aromatic carbocycles. The number of amides is 1. The van der Waals surface area contributed by atoms with Crippen molar-refractivity contribution in [2.75, 3.05) is 19.8 Å². The van der Waals surface area contributed by atoms with E-state index in [9.17, 15) is 18.4 Å². The number of carboxylic acid groups (broad SMARTS) is 1. The van der Waals surface area contributed by atoms with Crippen molar-refractivity contribution in [3.05, 3.63) is 59.7 Å². The number of hydrogen-bond acceptors (Lipinski definition) is 3. The van der Waals surface area contributed by atoms with Crippen LogP contribution in [0.5, 0.6) is 0 Å². The van der Waals surface area contributed by atoms with Crippen molar-refractivity contribution in [2.24, 2.45) is 0 Å². The number of halogens is 2. The molecule has 1 amide bonds. The molecule has 3 rings (SSSR count). The lowest BCUT2D eigenvalue weighted by atomic mass is 10.0. The van der Waals surface area contributed by atoms with E-state index in [4.69, 9.17) is 9.84 Å². The van der Waals surface area contributed by atoms with E-state index in [0.717, 1.165) is 0 Å². The fraction of sp³-hybridized carbons (Fsp3) is 0.333. The van der Waals surface area contributed by atoms with Crippen LogP contribution >= 0.6 is 0 Å². The molecule has 28 heavy (non-hydrogen) atoms. The molecule has 1 saturated heterocycles. The third-order valence-electron chi connectivity index (χ3n) is 4.84. The monoisotopic (exact) mass is 389 g/mol. The molecule has 0 saturated carbocycles. The van der Waals surface area contributed by atoms with E-state index in [-0.39, 0.29) is 30.4 Å². The number of aliphatic carboxylic acids is 1. The summed E-state index contributed by atoms with van der Waals surface area (Å²) < 4.78 is 33.1. The topological polar surface area (TPSA) is 66.8 Å². The van der Waals surface area contributed by atoms with Crippen LogP contribution in [0.1, 0.15) is 29.6 Å². The van der Waals surface area contributed by atoms with Gasteiger partial charge in [0.25, 0.3) is 5.91 Å². The third-order valence-corrected chi connectivity index (χ3v) is 4.84. The third kappa shape index (κ3) is 4.72. The van der Waals surface area contributed by atoms with Crippen LogP contribution in [0.15, 0.2) is 42.5 Å². The predicted octanol–water partition coefficient (Wildman–Crippen LogP) is 3.73. The molecule has 0 spiro atoms. The maximum Gasteiger partial charge on any atom is 0.305 e. The second-order valence-electron chi connectivity index (χ2n) is 6.69. The minimum absolute atomic E-state index is 0.0119. The predicted molar refractivity (Wildman–Crippen MR) is 98.9 cm³/mol. The first kappa shape index (κ1) is 19.9. The maximum atomic E-state index is 14.7. The molecule has 0 aliphatic carbocycles. The zero-order chi connectivity index (χ0) is 20.1. The molecule has 1 N–H and O–H groups in total. The number of hydrogen-bond donors (Lipinski definition) is 1. The molecule has 148 valence electrons. The lowest BCUT2D eigenvalue weighted by Crippen LogP contribution is -2.44. The van der Waals surface area contributed by atoms with Crippen LogP contribution in [-0.2, 0) is 9.53 Å². The van der Waals surface area contributed by atoms with E-state index >= 15 is 0 Å². The number of ether oxygens (including phenoxy) is 1. The van der Waals surface area contributed by atoms with Gasteiger partial charge in [-0.25, -0.2) is 8.78 Å². The quantitative estimate of drug-likeness (QED) is 0.818. The summed E-state index contributed by atoms with van der Waals surface area (Å²) in [5.41, 5.74) is 1.05. The van der Waals surface area contributed by atoms with Crippen LogP contribution < -0.4 is 0 Å². The SMILES string of the molecule is O=C(O)CCN(C(=O)c1ccc(-c2ccc(F)cc2)cc1F)C1CCOCC1. The number of carbonyl (C=O) groups excluding carboxylic acids is 1. The summed E-state index contributed by atoms with van der Waals surface area (Å²) in [5.74, 6) is -2.63. The van der Waals surface area contributed by atoms with Crippen LogP contribution in [0.4, 0.5) is 8.78 Å². The van der Waals surface area contributed by atoms with E-state index < -0.39 is 17.7 Å². The van der Waals surface area contributed by atoms with Crippen LogP contribution in [0.3, 0.4) is 0 Å². The average Bonchev–Trinajstić information content (AvgIpc) is 2.69. The van der Waals surface area contributed by atoms with Crippen molar-refractivity contribution in [3.63, 3.8) is 0 Å². The molecule has 1 fully saturated rings. The van der Waals surface area contributed by atoms with Crippen molar-refractivity contribution < 1.29 is 28.2 Å². The van der Waals surface area contributed by atoms with Gasteiger partial charge in [-0.05, 0) is 48.2 Å². The largest absolute Gasteiger partial charge is 0.481 e. The minimum Gasteiger partial charge on any atom is -0.481 e. The molecule has 0 aromatic heterocycles. The Hall–Kier alpha value is -2.80. The van der Waals surface area contributed by atoms with Gasteiger partial charge in [-0.2, -0.15) is 0 Å². The molecule has 1 heterocycles. The van der Waals surface area contributed by atoms with E-state index in [1.165, 1.54) is 41.3 Å². The summed E-state index contributed by atoms with van der Waals surface area (Å²) in [5, 5.41) is 8.99. The van der Waals surface area contributed by atoms with Gasteiger partial charge in [0.15, 0.2) is 0 Å². The molecule has 0 bridgehead atoms. The number of rotatable bonds is 6. The smallest absolute Gasteiger partial charge is 0.305 e. The highest BCUT2D eigenvalue weighted by molar-refractivity contribution is 5.95. The van der Waals surface area contributed by atoms with Crippen molar-refractivity contribution >= 4 is 11.9 Å². The summed E-state index contributed by atoms with van der Waals surface area (Å²) in [6, 6.07) is 9.68. The first-order valence-electron chi connectivity index (χ1n) is 9.11. The highest BCUT2D eigenvalue weighted by atomic mass is 19.1. The fourth-order valence-corrected chi connectivity index (χ4v) is 3.33. The zero-order valence-corrected chi connectivity index (χ0v) is 15.2. The summed E-state index contributed by atoms with van der Waals surface area (Å²) in [6.07, 6.45) is 0.958. The molecule has 0 atom stereocenters. The van der Waals surface area contributed by atoms with E-state index in [1.807, 2.05) is 0 Å². The van der Waals surface area contributed by atoms with Crippen LogP contribution in [-0.4, -0.2) is 47.7 Å². The molecular formula is C21H21F2NO4. The summed E-state index contributed by atoms with van der Waals surface area (Å²) >= 11 is 0. The maximum absolute atomic E-state index is 14.7. The Balaban J connectivity index is 1.85. The van der Waals surface area contributed by atoms with Crippen molar-refractivity contribution in [3.8, 4) is 11.1 Å². The lowest BCUT2D eigenvalue weighted by Gasteiger charge is -2.34. The van der Waals surface area contributed by atoms with Gasteiger partial charge < -0.3 is 14.7 Å². The molecule has 1 aliphatic rings. The molecule has 7 heteroatoms. The first-order chi connectivity index (χ1) is 13.5. The van der Waals surface area contributed by atoms with Crippen LogP contribution in [0.25, 0.3) is 11.1 Å². The molecular weight excluding hydrogens is 368 g/mol. The Bertz CT molecular complexity index is 848. The highest BCUT2D eigenvalue weighted by Crippen LogP contribution is 2.25. The average molecular weight is 389 g/mol. The van der Waals surface area contributed by atoms with Crippen LogP contribution in [0.2, 0.25) is 0 Å². The standard InChI is InChI=1S/C21H21F2NO4/c22-16-4-1-14(2-5-16)15-3-6-18(19(23)13-15)21(27)24(10-7-20(25)26)17-8-11-28-12-9-17/h1-6,13,17H,7-12H2,(H,25,26). The Labute approximate surface area is 161 Å². The van der Waals surface area contributed by atoms with Gasteiger partial charge in [0.2, 0.25) is 0 Å². The van der Waals surface area contributed by atoms with E-state index in [2.05, 4.69) is 0 Å². The van der Waals surface area contributed by atoms with Gasteiger partial charge in [0, 0.05) is 25.8 Å². The molecule has 1 aliphatic heterocycles. The Morgan fingerprint density at radius 2 is 1.68 bits per heavy atom. The fourth-order valence-electron chi connectivity index (χ4n) is 3.33. The number of carboxylic acids is 1. The number of carbonyl (C=O) groups is 2. The molecule has 2 aromatic rings. The summed E-state index contributed by atoms with van der Waals surface area (Å²) in [4.78, 5) is 25.4. The zero-order valence-electron chi connectivity index (χ0n) is 15.2. The van der Waals surface area contributed by atoms with Crippen LogP contribution in [0, 0.1) is 11.6 Å². The number of benzene rings is 2. The van der Waals surface area contributed by atoms with E-state index in [1.54, 1.807) is 6.07 Å². The Morgan fingerprint density at radius 1 is 1.04 bits per heavy atom. The summed E-state index contributed by atoms with van der Waals surface area (Å²) in [7, 11) is 0. The van der Waals surface area contributed by atoms with Gasteiger partial charge >= 0.3 is 5.97 Å². The van der Waals surface area contributed by atoms with E-state index in [0.29, 0.717) is 37.2 Å². The van der Waals surface area contributed by atoms with Gasteiger partial charge in [-0.15, -0.1) is 0 Å². The van der Waals surface area contributed by atoms with Gasteiger partial charge in [-0.1, -0.05) is 18.2 Å². The number of nitrogens with zero attached hydrogens (tertiary/aromatic N) is 1. The van der Waals surface area contributed by atoms with Gasteiger partial charge in [0.1, 0.15) is 11.6 Å². The minimum atomic E-state index is -1.02. The second-order valence-corrected chi connectivity index (χ2v) is 6.69. The first-order valence-corrected chi connectivity index (χ1v) is 9.11. The normalized spacial score (nSPS) is 14.6.